The van der Waals surface area contributed by atoms with Crippen LogP contribution in [0.15, 0.2) is 12.1 Å². The average Bonchev–Trinajstić information content (AvgIpc) is 2.25. The molecule has 0 fully saturated rings. The number of nitrogens with one attached hydrogen (secondary N) is 1. The highest BCUT2D eigenvalue weighted by Crippen LogP contribution is 2.08. The number of hydrogen-bond acceptors (Lipinski definition) is 4. The Morgan fingerprint density at radius 3 is 2.68 bits per heavy atom. The highest BCUT2D eigenvalue weighted by Gasteiger charge is 2.15. The van der Waals surface area contributed by atoms with Gasteiger partial charge in [0.2, 0.25) is 0 Å². The van der Waals surface area contributed by atoms with Crippen molar-refractivity contribution >= 4 is 6.09 Å². The smallest absolute Gasteiger partial charge is 0.407 e. The fourth-order valence-corrected chi connectivity index (χ4v) is 1.66. The number of pyridine rings is 1. The number of alkyl carbamates (subject to hydrolysis) is 1. The Morgan fingerprint density at radius 1 is 1.42 bits per heavy atom. The predicted molar refractivity (Wildman–Crippen MR) is 72.8 cm³/mol. The van der Waals surface area contributed by atoms with Crippen molar-refractivity contribution in [2.24, 2.45) is 0 Å². The number of carbonyl (C=O) groups excluding carboxylic acids is 1. The van der Waals surface area contributed by atoms with Crippen LogP contribution in [0.3, 0.4) is 0 Å². The second-order valence-electron chi connectivity index (χ2n) is 5.44. The Balaban J connectivity index is 2.45. The maximum atomic E-state index is 11.5. The number of aliphatic hydroxyl groups excluding tert-OH is 1. The molecule has 0 bridgehead atoms. The van der Waals surface area contributed by atoms with Gasteiger partial charge in [-0.05, 0) is 51.8 Å². The molecule has 1 aromatic rings. The standard InChI is InChI=1S/C14H22N2O3/c1-10-7-11(8-12(9-17)16-10)5-6-15-13(18)19-14(2,3)4/h7-8,17H,5-6,9H2,1-4H3,(H,15,18). The van der Waals surface area contributed by atoms with Crippen molar-refractivity contribution in [2.75, 3.05) is 6.54 Å². The van der Waals surface area contributed by atoms with Crippen LogP contribution in [0.2, 0.25) is 0 Å². The number of hydrogen-bond donors (Lipinski definition) is 2. The van der Waals surface area contributed by atoms with Crippen LogP contribution in [0.25, 0.3) is 0 Å². The van der Waals surface area contributed by atoms with Crippen LogP contribution in [0.1, 0.15) is 37.7 Å². The van der Waals surface area contributed by atoms with E-state index in [1.54, 1.807) is 0 Å². The summed E-state index contributed by atoms with van der Waals surface area (Å²) in [6, 6.07) is 3.78. The van der Waals surface area contributed by atoms with Crippen molar-refractivity contribution in [1.29, 1.82) is 0 Å². The SMILES string of the molecule is Cc1cc(CCNC(=O)OC(C)(C)C)cc(CO)n1. The summed E-state index contributed by atoms with van der Waals surface area (Å²) in [5, 5.41) is 11.8. The molecule has 0 saturated heterocycles. The number of nitrogens with zero attached hydrogens (tertiary/aromatic N) is 1. The number of carbonyl (C=O) groups is 1. The number of aliphatic hydroxyl groups is 1. The van der Waals surface area contributed by atoms with Crippen LogP contribution in [0.4, 0.5) is 4.79 Å². The van der Waals surface area contributed by atoms with Crippen molar-refractivity contribution < 1.29 is 14.6 Å². The van der Waals surface area contributed by atoms with Gasteiger partial charge in [0.05, 0.1) is 12.3 Å². The molecule has 0 aliphatic carbocycles. The summed E-state index contributed by atoms with van der Waals surface area (Å²) in [7, 11) is 0. The number of aryl methyl sites for hydroxylation is 1. The molecule has 1 rings (SSSR count). The maximum Gasteiger partial charge on any atom is 0.407 e. The third-order valence-electron chi connectivity index (χ3n) is 2.31. The van der Waals surface area contributed by atoms with Crippen molar-refractivity contribution in [3.8, 4) is 0 Å². The summed E-state index contributed by atoms with van der Waals surface area (Å²) in [5.41, 5.74) is 2.06. The minimum absolute atomic E-state index is 0.0752. The Labute approximate surface area is 114 Å². The van der Waals surface area contributed by atoms with Crippen molar-refractivity contribution in [1.82, 2.24) is 10.3 Å². The Bertz CT molecular complexity index is 439. The number of aromatic nitrogens is 1. The zero-order chi connectivity index (χ0) is 14.5. The van der Waals surface area contributed by atoms with Crippen LogP contribution < -0.4 is 5.32 Å². The molecule has 19 heavy (non-hydrogen) atoms. The largest absolute Gasteiger partial charge is 0.444 e. The van der Waals surface area contributed by atoms with E-state index in [4.69, 9.17) is 9.84 Å². The molecule has 0 spiro atoms. The number of ether oxygens (including phenoxy) is 1. The minimum Gasteiger partial charge on any atom is -0.444 e. The lowest BCUT2D eigenvalue weighted by atomic mass is 10.1. The van der Waals surface area contributed by atoms with Crippen LogP contribution in [-0.4, -0.2) is 28.3 Å². The zero-order valence-electron chi connectivity index (χ0n) is 12.0. The Kier molecular flexibility index (Phi) is 5.30. The first kappa shape index (κ1) is 15.4. The second kappa shape index (κ2) is 6.52. The van der Waals surface area contributed by atoms with Gasteiger partial charge in [0.15, 0.2) is 0 Å². The molecule has 0 atom stereocenters. The van der Waals surface area contributed by atoms with Gasteiger partial charge in [-0.2, -0.15) is 0 Å². The molecule has 106 valence electrons. The molecule has 0 aliphatic heterocycles. The van der Waals surface area contributed by atoms with Gasteiger partial charge >= 0.3 is 6.09 Å². The van der Waals surface area contributed by atoms with Gasteiger partial charge in [-0.25, -0.2) is 4.79 Å². The molecule has 5 heteroatoms. The fourth-order valence-electron chi connectivity index (χ4n) is 1.66. The van der Waals surface area contributed by atoms with Gasteiger partial charge in [0, 0.05) is 12.2 Å². The Morgan fingerprint density at radius 2 is 2.11 bits per heavy atom. The quantitative estimate of drug-likeness (QED) is 0.873. The third-order valence-corrected chi connectivity index (χ3v) is 2.31. The summed E-state index contributed by atoms with van der Waals surface area (Å²) in [6.07, 6.45) is 0.260. The van der Waals surface area contributed by atoms with E-state index in [1.165, 1.54) is 0 Å². The van der Waals surface area contributed by atoms with E-state index in [9.17, 15) is 4.79 Å². The van der Waals surface area contributed by atoms with Gasteiger partial charge in [-0.3, -0.25) is 4.98 Å². The van der Waals surface area contributed by atoms with E-state index >= 15 is 0 Å². The summed E-state index contributed by atoms with van der Waals surface area (Å²) < 4.78 is 5.14. The molecule has 0 saturated carbocycles. The highest BCUT2D eigenvalue weighted by molar-refractivity contribution is 5.67. The zero-order valence-corrected chi connectivity index (χ0v) is 12.0. The van der Waals surface area contributed by atoms with Gasteiger partial charge in [0.25, 0.3) is 0 Å². The first-order valence-electron chi connectivity index (χ1n) is 6.34. The second-order valence-corrected chi connectivity index (χ2v) is 5.44. The monoisotopic (exact) mass is 266 g/mol. The van der Waals surface area contributed by atoms with E-state index in [2.05, 4.69) is 10.3 Å². The molecular weight excluding hydrogens is 244 g/mol. The van der Waals surface area contributed by atoms with Gasteiger partial charge in [-0.1, -0.05) is 0 Å². The third kappa shape index (κ3) is 6.20. The molecule has 0 aliphatic rings. The molecule has 0 unspecified atom stereocenters. The lowest BCUT2D eigenvalue weighted by Gasteiger charge is -2.19. The van der Waals surface area contributed by atoms with Crippen molar-refractivity contribution in [3.05, 3.63) is 29.1 Å². The Hall–Kier alpha value is -1.62. The van der Waals surface area contributed by atoms with Crippen LogP contribution in [-0.2, 0) is 17.8 Å². The first-order chi connectivity index (χ1) is 8.80. The van der Waals surface area contributed by atoms with Gasteiger partial charge in [-0.15, -0.1) is 0 Å². The van der Waals surface area contributed by atoms with Crippen LogP contribution >= 0.6 is 0 Å². The van der Waals surface area contributed by atoms with E-state index < -0.39 is 11.7 Å². The molecule has 0 aromatic carbocycles. The lowest BCUT2D eigenvalue weighted by Crippen LogP contribution is -2.33. The first-order valence-corrected chi connectivity index (χ1v) is 6.34. The molecule has 0 radical (unpaired) electrons. The number of rotatable bonds is 4. The molecular formula is C14H22N2O3. The summed E-state index contributed by atoms with van der Waals surface area (Å²) in [4.78, 5) is 15.6. The highest BCUT2D eigenvalue weighted by atomic mass is 16.6. The fraction of sp³-hybridized carbons (Fsp3) is 0.571. The van der Waals surface area contributed by atoms with E-state index in [-0.39, 0.29) is 6.61 Å². The maximum absolute atomic E-state index is 11.5. The minimum atomic E-state index is -0.485. The van der Waals surface area contributed by atoms with Crippen LogP contribution in [0.5, 0.6) is 0 Å². The lowest BCUT2D eigenvalue weighted by molar-refractivity contribution is 0.0528. The van der Waals surface area contributed by atoms with E-state index in [1.807, 2.05) is 39.8 Å². The molecule has 1 heterocycles. The molecule has 1 aromatic heterocycles. The topological polar surface area (TPSA) is 71.5 Å². The summed E-state index contributed by atoms with van der Waals surface area (Å²) in [5.74, 6) is 0. The van der Waals surface area contributed by atoms with Gasteiger partial charge < -0.3 is 15.2 Å². The van der Waals surface area contributed by atoms with E-state index in [0.717, 1.165) is 11.3 Å². The van der Waals surface area contributed by atoms with Crippen molar-refractivity contribution in [2.45, 2.75) is 46.3 Å². The van der Waals surface area contributed by atoms with Crippen molar-refractivity contribution in [3.63, 3.8) is 0 Å². The van der Waals surface area contributed by atoms with Gasteiger partial charge in [0.1, 0.15) is 5.60 Å². The average molecular weight is 266 g/mol. The molecule has 5 nitrogen and oxygen atoms in total. The van der Waals surface area contributed by atoms with E-state index in [0.29, 0.717) is 18.7 Å². The molecule has 1 amide bonds. The van der Waals surface area contributed by atoms with Crippen LogP contribution in [0, 0.1) is 6.92 Å². The summed E-state index contributed by atoms with van der Waals surface area (Å²) >= 11 is 0. The normalized spacial score (nSPS) is 11.2. The molecule has 2 N–H and O–H groups in total. The number of amides is 1. The predicted octanol–water partition coefficient (Wildman–Crippen LogP) is 1.95. The summed E-state index contributed by atoms with van der Waals surface area (Å²) in [6.45, 7) is 7.77.